The first-order valence-electron chi connectivity index (χ1n) is 7.62. The van der Waals surface area contributed by atoms with Crippen molar-refractivity contribution in [3.63, 3.8) is 0 Å². The van der Waals surface area contributed by atoms with Gasteiger partial charge in [-0.05, 0) is 26.5 Å². The average molecular weight is 456 g/mol. The van der Waals surface area contributed by atoms with Crippen LogP contribution in [-0.4, -0.2) is 59.0 Å². The van der Waals surface area contributed by atoms with Gasteiger partial charge in [0.25, 0.3) is 0 Å². The molecule has 0 amide bonds. The molecular weight excluding hydrogens is 427 g/mol. The van der Waals surface area contributed by atoms with Crippen molar-refractivity contribution in [2.45, 2.75) is 26.8 Å². The Kier molecular flexibility index (Phi) is 13.5. The molecular formula is C14H29IN6OS. The minimum Gasteiger partial charge on any atom is -0.382 e. The number of aromatic nitrogens is 3. The summed E-state index contributed by atoms with van der Waals surface area (Å²) in [6.45, 7) is 7.70. The van der Waals surface area contributed by atoms with E-state index in [1.807, 2.05) is 37.2 Å². The molecule has 0 aromatic carbocycles. The highest BCUT2D eigenvalue weighted by Crippen LogP contribution is 1.99. The first-order chi connectivity index (χ1) is 10.7. The Hall–Kier alpha value is -0.550. The third-order valence-corrected chi connectivity index (χ3v) is 3.73. The van der Waals surface area contributed by atoms with Gasteiger partial charge in [-0.2, -0.15) is 11.8 Å². The van der Waals surface area contributed by atoms with Gasteiger partial charge in [-0.25, -0.2) is 4.99 Å². The van der Waals surface area contributed by atoms with Gasteiger partial charge >= 0.3 is 0 Å². The van der Waals surface area contributed by atoms with Gasteiger partial charge in [-0.15, -0.1) is 34.2 Å². The van der Waals surface area contributed by atoms with Crippen LogP contribution in [0.2, 0.25) is 0 Å². The third-order valence-electron chi connectivity index (χ3n) is 3.12. The number of nitrogens with one attached hydrogen (secondary N) is 2. The summed E-state index contributed by atoms with van der Waals surface area (Å²) in [5.74, 6) is 3.61. The number of nitrogens with zero attached hydrogens (tertiary/aromatic N) is 4. The van der Waals surface area contributed by atoms with E-state index in [0.29, 0.717) is 6.54 Å². The molecule has 1 aromatic heterocycles. The van der Waals surface area contributed by atoms with Crippen LogP contribution in [-0.2, 0) is 18.3 Å². The maximum Gasteiger partial charge on any atom is 0.191 e. The van der Waals surface area contributed by atoms with Crippen LogP contribution in [0.15, 0.2) is 4.99 Å². The van der Waals surface area contributed by atoms with Crippen molar-refractivity contribution in [1.29, 1.82) is 0 Å². The lowest BCUT2D eigenvalue weighted by Gasteiger charge is -2.12. The second-order valence-corrected chi connectivity index (χ2v) is 5.77. The van der Waals surface area contributed by atoms with Gasteiger partial charge in [-0.3, -0.25) is 0 Å². The van der Waals surface area contributed by atoms with Crippen LogP contribution in [0.1, 0.15) is 25.0 Å². The first kappa shape index (κ1) is 22.4. The lowest BCUT2D eigenvalue weighted by molar-refractivity contribution is 0.145. The van der Waals surface area contributed by atoms with E-state index in [9.17, 15) is 0 Å². The zero-order valence-corrected chi connectivity index (χ0v) is 17.6. The largest absolute Gasteiger partial charge is 0.382 e. The lowest BCUT2D eigenvalue weighted by Crippen LogP contribution is -2.39. The topological polar surface area (TPSA) is 76.4 Å². The third kappa shape index (κ3) is 9.36. The summed E-state index contributed by atoms with van der Waals surface area (Å²) in [4.78, 5) is 4.58. The van der Waals surface area contributed by atoms with Crippen molar-refractivity contribution >= 4 is 41.7 Å². The van der Waals surface area contributed by atoms with Gasteiger partial charge < -0.3 is 19.9 Å². The van der Waals surface area contributed by atoms with Crippen LogP contribution in [0.5, 0.6) is 0 Å². The summed E-state index contributed by atoms with van der Waals surface area (Å²) in [7, 11) is 1.95. The second-order valence-electron chi connectivity index (χ2n) is 4.78. The molecule has 7 nitrogen and oxygen atoms in total. The molecule has 0 radical (unpaired) electrons. The number of thioether (sulfide) groups is 1. The molecule has 1 aromatic rings. The van der Waals surface area contributed by atoms with Gasteiger partial charge in [0.1, 0.15) is 12.4 Å². The highest BCUT2D eigenvalue weighted by Gasteiger charge is 2.04. The minimum atomic E-state index is 0. The zero-order valence-electron chi connectivity index (χ0n) is 14.5. The van der Waals surface area contributed by atoms with E-state index in [2.05, 4.69) is 32.1 Å². The molecule has 1 rings (SSSR count). The molecule has 0 atom stereocenters. The molecule has 0 unspecified atom stereocenters. The van der Waals surface area contributed by atoms with Crippen molar-refractivity contribution in [3.8, 4) is 0 Å². The zero-order chi connectivity index (χ0) is 16.2. The van der Waals surface area contributed by atoms with E-state index in [-0.39, 0.29) is 24.0 Å². The van der Waals surface area contributed by atoms with Crippen molar-refractivity contribution in [2.75, 3.05) is 38.3 Å². The average Bonchev–Trinajstić information content (AvgIpc) is 2.83. The molecule has 0 saturated carbocycles. The fourth-order valence-electron chi connectivity index (χ4n) is 1.71. The summed E-state index contributed by atoms with van der Waals surface area (Å²) in [5.41, 5.74) is 0. The number of ether oxygens (including phenoxy) is 1. The number of rotatable bonds is 10. The Labute approximate surface area is 160 Å². The predicted molar refractivity (Wildman–Crippen MR) is 108 cm³/mol. The van der Waals surface area contributed by atoms with E-state index in [1.54, 1.807) is 0 Å². The van der Waals surface area contributed by atoms with E-state index in [0.717, 1.165) is 56.1 Å². The van der Waals surface area contributed by atoms with Crippen LogP contribution >= 0.6 is 35.7 Å². The van der Waals surface area contributed by atoms with Crippen LogP contribution in [0.4, 0.5) is 0 Å². The molecule has 2 N–H and O–H groups in total. The molecule has 23 heavy (non-hydrogen) atoms. The first-order valence-corrected chi connectivity index (χ1v) is 9.02. The number of hydrogen-bond acceptors (Lipinski definition) is 5. The van der Waals surface area contributed by atoms with Crippen molar-refractivity contribution in [3.05, 3.63) is 11.6 Å². The molecule has 0 aliphatic carbocycles. The molecule has 1 heterocycles. The highest BCUT2D eigenvalue weighted by molar-refractivity contribution is 14.0. The Morgan fingerprint density at radius 1 is 1.30 bits per heavy atom. The fraction of sp³-hybridized carbons (Fsp3) is 0.786. The van der Waals surface area contributed by atoms with Gasteiger partial charge in [-0.1, -0.05) is 0 Å². The Balaban J connectivity index is 0.00000484. The molecule has 134 valence electrons. The minimum absolute atomic E-state index is 0. The predicted octanol–water partition coefficient (Wildman–Crippen LogP) is 1.57. The standard InChI is InChI=1S/C14H28N6OS.HI/c1-5-21-9-6-7-15-14(16-8-10-22-4)17-11-13-19-18-12(2)20(13)3;/h5-11H2,1-4H3,(H2,15,16,17);1H. The van der Waals surface area contributed by atoms with Crippen LogP contribution in [0, 0.1) is 6.92 Å². The van der Waals surface area contributed by atoms with Crippen LogP contribution in [0.3, 0.4) is 0 Å². The molecule has 0 saturated heterocycles. The van der Waals surface area contributed by atoms with Crippen LogP contribution in [0.25, 0.3) is 0 Å². The van der Waals surface area contributed by atoms with Gasteiger partial charge in [0, 0.05) is 39.1 Å². The molecule has 0 aliphatic heterocycles. The summed E-state index contributed by atoms with van der Waals surface area (Å²) >= 11 is 1.81. The number of guanidine groups is 1. The van der Waals surface area contributed by atoms with E-state index in [1.165, 1.54) is 0 Å². The van der Waals surface area contributed by atoms with E-state index < -0.39 is 0 Å². The lowest BCUT2D eigenvalue weighted by atomic mass is 10.4. The Morgan fingerprint density at radius 2 is 2.04 bits per heavy atom. The summed E-state index contributed by atoms with van der Waals surface area (Å²) in [5, 5.41) is 14.8. The van der Waals surface area contributed by atoms with Crippen molar-refractivity contribution < 1.29 is 4.74 Å². The number of halogens is 1. The van der Waals surface area contributed by atoms with Gasteiger partial charge in [0.2, 0.25) is 0 Å². The van der Waals surface area contributed by atoms with Crippen LogP contribution < -0.4 is 10.6 Å². The molecule has 0 fully saturated rings. The molecule has 0 spiro atoms. The monoisotopic (exact) mass is 456 g/mol. The molecule has 0 aliphatic rings. The maximum atomic E-state index is 5.34. The normalized spacial score (nSPS) is 11.2. The number of aliphatic imine (C=N–C) groups is 1. The summed E-state index contributed by atoms with van der Waals surface area (Å²) in [6, 6.07) is 0. The van der Waals surface area contributed by atoms with Crippen molar-refractivity contribution in [1.82, 2.24) is 25.4 Å². The smallest absolute Gasteiger partial charge is 0.191 e. The SMILES string of the molecule is CCOCCCNC(=NCc1nnc(C)n1C)NCCSC.I. The maximum absolute atomic E-state index is 5.34. The van der Waals surface area contributed by atoms with Gasteiger partial charge in [0.15, 0.2) is 11.8 Å². The summed E-state index contributed by atoms with van der Waals surface area (Å²) in [6.07, 6.45) is 3.05. The second kappa shape index (κ2) is 13.8. The quantitative estimate of drug-likeness (QED) is 0.241. The number of hydrogen-bond donors (Lipinski definition) is 2. The van der Waals surface area contributed by atoms with Gasteiger partial charge in [0.05, 0.1) is 0 Å². The Morgan fingerprint density at radius 3 is 2.65 bits per heavy atom. The Bertz CT molecular complexity index is 454. The molecule has 9 heteroatoms. The highest BCUT2D eigenvalue weighted by atomic mass is 127. The van der Waals surface area contributed by atoms with E-state index in [4.69, 9.17) is 4.74 Å². The fourth-order valence-corrected chi connectivity index (χ4v) is 2.02. The molecule has 0 bridgehead atoms. The van der Waals surface area contributed by atoms with Crippen molar-refractivity contribution in [2.24, 2.45) is 12.0 Å². The number of aryl methyl sites for hydroxylation is 1. The van der Waals surface area contributed by atoms with E-state index >= 15 is 0 Å². The summed E-state index contributed by atoms with van der Waals surface area (Å²) < 4.78 is 7.29.